The molecule has 0 spiro atoms. The highest BCUT2D eigenvalue weighted by atomic mass is 14.9. The first-order valence-electron chi connectivity index (χ1n) is 5.99. The van der Waals surface area contributed by atoms with Crippen molar-refractivity contribution >= 4 is 5.69 Å². The molecule has 0 aliphatic heterocycles. The summed E-state index contributed by atoms with van der Waals surface area (Å²) in [5, 5.41) is 12.0. The average molecular weight is 216 g/mol. The average Bonchev–Trinajstić information content (AvgIpc) is 2.33. The summed E-state index contributed by atoms with van der Waals surface area (Å²) >= 11 is 0. The summed E-state index contributed by atoms with van der Waals surface area (Å²) in [5.74, 6) is 0.749. The molecule has 1 N–H and O–H groups in total. The highest BCUT2D eigenvalue weighted by Crippen LogP contribution is 2.13. The Hall–Kier alpha value is -1.49. The number of hydrogen-bond acceptors (Lipinski definition) is 2. The van der Waals surface area contributed by atoms with Crippen LogP contribution in [0.5, 0.6) is 0 Å². The third-order valence-corrected chi connectivity index (χ3v) is 2.99. The SMILES string of the molecule is CCC(CC)CNc1ccc(CC#N)cc1. The van der Waals surface area contributed by atoms with Crippen LogP contribution in [0.25, 0.3) is 0 Å². The van der Waals surface area contributed by atoms with Crippen molar-refractivity contribution in [1.29, 1.82) is 5.26 Å². The molecular formula is C14H20N2. The van der Waals surface area contributed by atoms with Crippen LogP contribution in [0.1, 0.15) is 32.3 Å². The first-order valence-corrected chi connectivity index (χ1v) is 5.99. The van der Waals surface area contributed by atoms with Gasteiger partial charge in [-0.05, 0) is 23.6 Å². The fourth-order valence-corrected chi connectivity index (χ4v) is 1.67. The molecule has 16 heavy (non-hydrogen) atoms. The van der Waals surface area contributed by atoms with E-state index in [-0.39, 0.29) is 0 Å². The normalized spacial score (nSPS) is 10.1. The van der Waals surface area contributed by atoms with Crippen LogP contribution in [0, 0.1) is 17.2 Å². The number of nitrogens with one attached hydrogen (secondary N) is 1. The predicted octanol–water partition coefficient (Wildman–Crippen LogP) is 3.60. The quantitative estimate of drug-likeness (QED) is 0.788. The minimum absolute atomic E-state index is 0.493. The zero-order valence-electron chi connectivity index (χ0n) is 10.2. The zero-order valence-corrected chi connectivity index (χ0v) is 10.2. The van der Waals surface area contributed by atoms with Crippen molar-refractivity contribution in [2.75, 3.05) is 11.9 Å². The van der Waals surface area contributed by atoms with Crippen LogP contribution in [0.15, 0.2) is 24.3 Å². The molecule has 0 aliphatic rings. The summed E-state index contributed by atoms with van der Waals surface area (Å²) in [6, 6.07) is 10.3. The minimum Gasteiger partial charge on any atom is -0.385 e. The van der Waals surface area contributed by atoms with Crippen molar-refractivity contribution in [3.63, 3.8) is 0 Å². The van der Waals surface area contributed by atoms with E-state index in [0.717, 1.165) is 23.7 Å². The molecule has 0 saturated carbocycles. The van der Waals surface area contributed by atoms with E-state index < -0.39 is 0 Å². The van der Waals surface area contributed by atoms with Gasteiger partial charge in [-0.2, -0.15) is 5.26 Å². The van der Waals surface area contributed by atoms with Gasteiger partial charge in [0.25, 0.3) is 0 Å². The van der Waals surface area contributed by atoms with Crippen LogP contribution < -0.4 is 5.32 Å². The molecule has 0 unspecified atom stereocenters. The maximum atomic E-state index is 8.56. The van der Waals surface area contributed by atoms with Crippen molar-refractivity contribution < 1.29 is 0 Å². The van der Waals surface area contributed by atoms with Gasteiger partial charge in [0, 0.05) is 12.2 Å². The fourth-order valence-electron chi connectivity index (χ4n) is 1.67. The van der Waals surface area contributed by atoms with Gasteiger partial charge in [0.05, 0.1) is 12.5 Å². The Morgan fingerprint density at radius 3 is 2.31 bits per heavy atom. The van der Waals surface area contributed by atoms with Gasteiger partial charge in [-0.15, -0.1) is 0 Å². The van der Waals surface area contributed by atoms with Crippen LogP contribution in [-0.4, -0.2) is 6.54 Å². The first kappa shape index (κ1) is 12.6. The Balaban J connectivity index is 2.46. The van der Waals surface area contributed by atoms with Gasteiger partial charge in [-0.1, -0.05) is 38.8 Å². The van der Waals surface area contributed by atoms with E-state index in [9.17, 15) is 0 Å². The summed E-state index contributed by atoms with van der Waals surface area (Å²) in [7, 11) is 0. The number of nitrogens with zero attached hydrogens (tertiary/aromatic N) is 1. The molecule has 1 rings (SSSR count). The first-order chi connectivity index (χ1) is 7.80. The van der Waals surface area contributed by atoms with Crippen LogP contribution >= 0.6 is 0 Å². The third-order valence-electron chi connectivity index (χ3n) is 2.99. The van der Waals surface area contributed by atoms with Crippen molar-refractivity contribution in [1.82, 2.24) is 0 Å². The minimum atomic E-state index is 0.493. The van der Waals surface area contributed by atoms with Crippen LogP contribution in [0.4, 0.5) is 5.69 Å². The lowest BCUT2D eigenvalue weighted by molar-refractivity contribution is 0.519. The van der Waals surface area contributed by atoms with Gasteiger partial charge in [-0.25, -0.2) is 0 Å². The monoisotopic (exact) mass is 216 g/mol. The lowest BCUT2D eigenvalue weighted by Crippen LogP contribution is -2.12. The fraction of sp³-hybridized carbons (Fsp3) is 0.500. The molecule has 0 fully saturated rings. The Morgan fingerprint density at radius 1 is 1.19 bits per heavy atom. The molecule has 86 valence electrons. The summed E-state index contributed by atoms with van der Waals surface area (Å²) in [4.78, 5) is 0. The van der Waals surface area contributed by atoms with Gasteiger partial charge < -0.3 is 5.32 Å². The van der Waals surface area contributed by atoms with E-state index in [0.29, 0.717) is 6.42 Å². The van der Waals surface area contributed by atoms with E-state index >= 15 is 0 Å². The van der Waals surface area contributed by atoms with E-state index in [1.807, 2.05) is 12.1 Å². The number of anilines is 1. The Labute approximate surface area is 98.3 Å². The third kappa shape index (κ3) is 3.94. The van der Waals surface area contributed by atoms with Crippen LogP contribution in [0.2, 0.25) is 0 Å². The Morgan fingerprint density at radius 2 is 1.81 bits per heavy atom. The van der Waals surface area contributed by atoms with E-state index in [1.165, 1.54) is 12.8 Å². The van der Waals surface area contributed by atoms with Crippen molar-refractivity contribution in [2.45, 2.75) is 33.1 Å². The largest absolute Gasteiger partial charge is 0.385 e. The molecule has 0 heterocycles. The molecule has 2 heteroatoms. The Kier molecular flexibility index (Phi) is 5.42. The lowest BCUT2D eigenvalue weighted by Gasteiger charge is -2.14. The van der Waals surface area contributed by atoms with E-state index in [2.05, 4.69) is 37.4 Å². The molecule has 1 aromatic rings. The van der Waals surface area contributed by atoms with Gasteiger partial charge in [0.1, 0.15) is 0 Å². The number of benzene rings is 1. The highest BCUT2D eigenvalue weighted by molar-refractivity contribution is 5.44. The second-order valence-corrected chi connectivity index (χ2v) is 4.10. The molecule has 1 aromatic carbocycles. The molecule has 0 amide bonds. The van der Waals surface area contributed by atoms with Crippen LogP contribution in [0.3, 0.4) is 0 Å². The molecule has 0 aromatic heterocycles. The van der Waals surface area contributed by atoms with Gasteiger partial charge in [0.2, 0.25) is 0 Å². The summed E-state index contributed by atoms with van der Waals surface area (Å²) in [5.41, 5.74) is 2.23. The topological polar surface area (TPSA) is 35.8 Å². The molecule has 0 aliphatic carbocycles. The second kappa shape index (κ2) is 6.90. The molecule has 0 saturated heterocycles. The maximum Gasteiger partial charge on any atom is 0.0669 e. The van der Waals surface area contributed by atoms with Crippen molar-refractivity contribution in [3.8, 4) is 6.07 Å². The van der Waals surface area contributed by atoms with E-state index in [4.69, 9.17) is 5.26 Å². The number of nitriles is 1. The zero-order chi connectivity index (χ0) is 11.8. The standard InChI is InChI=1S/C14H20N2/c1-3-12(4-2)11-16-14-7-5-13(6-8-14)9-10-15/h5-8,12,16H,3-4,9,11H2,1-2H3. The predicted molar refractivity (Wildman–Crippen MR) is 68.3 cm³/mol. The molecular weight excluding hydrogens is 196 g/mol. The Bertz CT molecular complexity index is 331. The number of rotatable bonds is 6. The lowest BCUT2D eigenvalue weighted by atomic mass is 10.0. The van der Waals surface area contributed by atoms with E-state index in [1.54, 1.807) is 0 Å². The van der Waals surface area contributed by atoms with Gasteiger partial charge in [-0.3, -0.25) is 0 Å². The van der Waals surface area contributed by atoms with Gasteiger partial charge >= 0.3 is 0 Å². The molecule has 0 radical (unpaired) electrons. The van der Waals surface area contributed by atoms with Crippen molar-refractivity contribution in [3.05, 3.63) is 29.8 Å². The van der Waals surface area contributed by atoms with Gasteiger partial charge in [0.15, 0.2) is 0 Å². The van der Waals surface area contributed by atoms with Crippen LogP contribution in [-0.2, 0) is 6.42 Å². The number of hydrogen-bond donors (Lipinski definition) is 1. The summed E-state index contributed by atoms with van der Waals surface area (Å²) in [6.07, 6.45) is 2.93. The summed E-state index contributed by atoms with van der Waals surface area (Å²) < 4.78 is 0. The highest BCUT2D eigenvalue weighted by Gasteiger charge is 2.02. The second-order valence-electron chi connectivity index (χ2n) is 4.10. The smallest absolute Gasteiger partial charge is 0.0669 e. The van der Waals surface area contributed by atoms with Crippen molar-refractivity contribution in [2.24, 2.45) is 5.92 Å². The molecule has 2 nitrogen and oxygen atoms in total. The maximum absolute atomic E-state index is 8.56. The molecule has 0 bridgehead atoms. The molecule has 0 atom stereocenters. The summed E-state index contributed by atoms with van der Waals surface area (Å²) in [6.45, 7) is 5.49.